The number of hydrogen-bond acceptors (Lipinski definition) is 2. The summed E-state index contributed by atoms with van der Waals surface area (Å²) in [5, 5.41) is 12.7. The van der Waals surface area contributed by atoms with Gasteiger partial charge in [0.05, 0.1) is 4.47 Å². The molecule has 1 aromatic rings. The molecule has 0 bridgehead atoms. The monoisotopic (exact) mass is 241 g/mol. The Balaban J connectivity index is 2.14. The van der Waals surface area contributed by atoms with Gasteiger partial charge in [-0.3, -0.25) is 0 Å². The molecule has 70 valence electrons. The predicted molar refractivity (Wildman–Crippen MR) is 55.9 cm³/mol. The number of phenolic OH excluding ortho intramolecular Hbond substituents is 1. The molecule has 2 rings (SSSR count). The first-order valence-electron chi connectivity index (χ1n) is 4.44. The first kappa shape index (κ1) is 9.03. The minimum absolute atomic E-state index is 0.338. The zero-order valence-corrected chi connectivity index (χ0v) is 8.84. The van der Waals surface area contributed by atoms with Crippen LogP contribution in [0.25, 0.3) is 0 Å². The Labute approximate surface area is 86.1 Å². The van der Waals surface area contributed by atoms with Crippen LogP contribution < -0.4 is 5.32 Å². The second-order valence-electron chi connectivity index (χ2n) is 3.48. The van der Waals surface area contributed by atoms with Crippen LogP contribution in [0.15, 0.2) is 22.7 Å². The van der Waals surface area contributed by atoms with Crippen molar-refractivity contribution in [2.45, 2.75) is 6.42 Å². The molecule has 3 heteroatoms. The van der Waals surface area contributed by atoms with E-state index in [4.69, 9.17) is 0 Å². The highest BCUT2D eigenvalue weighted by Crippen LogP contribution is 2.29. The van der Waals surface area contributed by atoms with Crippen molar-refractivity contribution in [3.63, 3.8) is 0 Å². The molecule has 0 aliphatic carbocycles. The van der Waals surface area contributed by atoms with Crippen LogP contribution in [0.3, 0.4) is 0 Å². The fraction of sp³-hybridized carbons (Fsp3) is 0.400. The van der Waals surface area contributed by atoms with Gasteiger partial charge in [-0.2, -0.15) is 0 Å². The Morgan fingerprint density at radius 3 is 2.85 bits per heavy atom. The van der Waals surface area contributed by atoms with E-state index in [9.17, 15) is 5.11 Å². The van der Waals surface area contributed by atoms with E-state index >= 15 is 0 Å². The van der Waals surface area contributed by atoms with Crippen molar-refractivity contribution in [1.29, 1.82) is 0 Å². The lowest BCUT2D eigenvalue weighted by Gasteiger charge is -2.27. The molecule has 0 amide bonds. The standard InChI is InChI=1S/C10H12BrNO/c11-10-8(2-1-3-9(10)13)4-7-5-12-6-7/h1-3,7,12-13H,4-6H2. The zero-order chi connectivity index (χ0) is 9.26. The van der Waals surface area contributed by atoms with Gasteiger partial charge in [0.1, 0.15) is 5.75 Å². The number of benzene rings is 1. The summed E-state index contributed by atoms with van der Waals surface area (Å²) < 4.78 is 0.849. The van der Waals surface area contributed by atoms with Gasteiger partial charge < -0.3 is 10.4 Å². The first-order chi connectivity index (χ1) is 6.27. The molecule has 1 heterocycles. The minimum Gasteiger partial charge on any atom is -0.507 e. The van der Waals surface area contributed by atoms with Gasteiger partial charge in [0, 0.05) is 0 Å². The molecule has 0 atom stereocenters. The van der Waals surface area contributed by atoms with E-state index in [1.807, 2.05) is 6.07 Å². The summed E-state index contributed by atoms with van der Waals surface area (Å²) >= 11 is 3.39. The Hall–Kier alpha value is -0.540. The summed E-state index contributed by atoms with van der Waals surface area (Å²) in [5.41, 5.74) is 1.20. The summed E-state index contributed by atoms with van der Waals surface area (Å²) in [6, 6.07) is 5.65. The number of phenols is 1. The smallest absolute Gasteiger partial charge is 0.130 e. The van der Waals surface area contributed by atoms with Crippen LogP contribution in [0.1, 0.15) is 5.56 Å². The van der Waals surface area contributed by atoms with Crippen LogP contribution in [0.4, 0.5) is 0 Å². The molecule has 2 N–H and O–H groups in total. The largest absolute Gasteiger partial charge is 0.507 e. The zero-order valence-electron chi connectivity index (χ0n) is 7.26. The van der Waals surface area contributed by atoms with E-state index < -0.39 is 0 Å². The molecular formula is C10H12BrNO. The van der Waals surface area contributed by atoms with E-state index in [1.54, 1.807) is 6.07 Å². The van der Waals surface area contributed by atoms with Gasteiger partial charge in [-0.25, -0.2) is 0 Å². The van der Waals surface area contributed by atoms with E-state index in [1.165, 1.54) is 5.56 Å². The second kappa shape index (κ2) is 3.68. The van der Waals surface area contributed by atoms with E-state index in [0.717, 1.165) is 29.9 Å². The van der Waals surface area contributed by atoms with Crippen molar-refractivity contribution in [1.82, 2.24) is 5.32 Å². The van der Waals surface area contributed by atoms with Crippen molar-refractivity contribution in [3.8, 4) is 5.75 Å². The van der Waals surface area contributed by atoms with Crippen LogP contribution >= 0.6 is 15.9 Å². The molecule has 0 saturated carbocycles. The maximum Gasteiger partial charge on any atom is 0.130 e. The highest BCUT2D eigenvalue weighted by atomic mass is 79.9. The third kappa shape index (κ3) is 1.86. The van der Waals surface area contributed by atoms with Gasteiger partial charge in [-0.05, 0) is 53.0 Å². The first-order valence-corrected chi connectivity index (χ1v) is 5.24. The quantitative estimate of drug-likeness (QED) is 0.830. The molecule has 1 aromatic carbocycles. The lowest BCUT2D eigenvalue weighted by atomic mass is 9.94. The predicted octanol–water partition coefficient (Wildman–Crippen LogP) is 1.92. The maximum absolute atomic E-state index is 9.44. The molecule has 0 unspecified atom stereocenters. The average Bonchev–Trinajstić information content (AvgIpc) is 2.04. The van der Waals surface area contributed by atoms with Crippen LogP contribution in [0.2, 0.25) is 0 Å². The molecule has 0 spiro atoms. The molecule has 2 nitrogen and oxygen atoms in total. The fourth-order valence-corrected chi connectivity index (χ4v) is 1.95. The molecular weight excluding hydrogens is 230 g/mol. The van der Waals surface area contributed by atoms with Gasteiger partial charge in [0.25, 0.3) is 0 Å². The number of nitrogens with one attached hydrogen (secondary N) is 1. The Bertz CT molecular complexity index is 310. The van der Waals surface area contributed by atoms with E-state index in [-0.39, 0.29) is 0 Å². The highest BCUT2D eigenvalue weighted by molar-refractivity contribution is 9.10. The molecule has 1 aliphatic heterocycles. The third-order valence-electron chi connectivity index (χ3n) is 2.43. The van der Waals surface area contributed by atoms with Crippen LogP contribution in [0, 0.1) is 5.92 Å². The van der Waals surface area contributed by atoms with Crippen molar-refractivity contribution in [2.24, 2.45) is 5.92 Å². The Morgan fingerprint density at radius 1 is 1.46 bits per heavy atom. The van der Waals surface area contributed by atoms with Gasteiger partial charge in [0.2, 0.25) is 0 Å². The molecule has 0 radical (unpaired) electrons. The van der Waals surface area contributed by atoms with E-state index in [2.05, 4.69) is 27.3 Å². The Kier molecular flexibility index (Phi) is 2.56. The molecule has 0 aromatic heterocycles. The summed E-state index contributed by atoms with van der Waals surface area (Å²) in [6.07, 6.45) is 1.04. The van der Waals surface area contributed by atoms with Crippen molar-refractivity contribution in [3.05, 3.63) is 28.2 Å². The average molecular weight is 242 g/mol. The van der Waals surface area contributed by atoms with Crippen molar-refractivity contribution < 1.29 is 5.11 Å². The lowest BCUT2D eigenvalue weighted by Crippen LogP contribution is -2.43. The maximum atomic E-state index is 9.44. The number of aromatic hydroxyl groups is 1. The minimum atomic E-state index is 0.338. The van der Waals surface area contributed by atoms with Gasteiger partial charge in [-0.15, -0.1) is 0 Å². The van der Waals surface area contributed by atoms with Gasteiger partial charge in [0.15, 0.2) is 0 Å². The number of halogens is 1. The van der Waals surface area contributed by atoms with Gasteiger partial charge >= 0.3 is 0 Å². The third-order valence-corrected chi connectivity index (χ3v) is 3.35. The lowest BCUT2D eigenvalue weighted by molar-refractivity contribution is 0.345. The summed E-state index contributed by atoms with van der Waals surface area (Å²) in [4.78, 5) is 0. The normalized spacial score (nSPS) is 17.0. The Morgan fingerprint density at radius 2 is 2.23 bits per heavy atom. The van der Waals surface area contributed by atoms with Crippen LogP contribution in [-0.2, 0) is 6.42 Å². The molecule has 1 fully saturated rings. The van der Waals surface area contributed by atoms with Crippen molar-refractivity contribution >= 4 is 15.9 Å². The SMILES string of the molecule is Oc1cccc(CC2CNC2)c1Br. The van der Waals surface area contributed by atoms with Gasteiger partial charge in [-0.1, -0.05) is 12.1 Å². The molecule has 13 heavy (non-hydrogen) atoms. The topological polar surface area (TPSA) is 32.3 Å². The summed E-state index contributed by atoms with van der Waals surface area (Å²) in [5.74, 6) is 1.07. The molecule has 1 aliphatic rings. The van der Waals surface area contributed by atoms with Crippen molar-refractivity contribution in [2.75, 3.05) is 13.1 Å². The van der Waals surface area contributed by atoms with Crippen LogP contribution in [-0.4, -0.2) is 18.2 Å². The number of hydrogen-bond donors (Lipinski definition) is 2. The number of rotatable bonds is 2. The molecule has 1 saturated heterocycles. The summed E-state index contributed by atoms with van der Waals surface area (Å²) in [6.45, 7) is 2.20. The summed E-state index contributed by atoms with van der Waals surface area (Å²) in [7, 11) is 0. The highest BCUT2D eigenvalue weighted by Gasteiger charge is 2.18. The fourth-order valence-electron chi connectivity index (χ4n) is 1.53. The van der Waals surface area contributed by atoms with E-state index in [0.29, 0.717) is 5.75 Å². The second-order valence-corrected chi connectivity index (χ2v) is 4.27. The van der Waals surface area contributed by atoms with Crippen LogP contribution in [0.5, 0.6) is 5.75 Å².